The number of nitrogens with zero attached hydrogens (tertiary/aromatic N) is 1. The Kier molecular flexibility index (Phi) is 3.98. The molecule has 1 saturated heterocycles. The summed E-state index contributed by atoms with van der Waals surface area (Å²) in [6, 6.07) is 15.5. The first-order chi connectivity index (χ1) is 12.2. The van der Waals surface area contributed by atoms with E-state index in [4.69, 9.17) is 0 Å². The lowest BCUT2D eigenvalue weighted by molar-refractivity contribution is -0.117. The Labute approximate surface area is 145 Å². The van der Waals surface area contributed by atoms with Gasteiger partial charge in [-0.2, -0.15) is 0 Å². The van der Waals surface area contributed by atoms with Crippen LogP contribution in [0.25, 0.3) is 10.9 Å². The first kappa shape index (κ1) is 15.4. The second kappa shape index (κ2) is 6.43. The highest BCUT2D eigenvalue weighted by molar-refractivity contribution is 6.06. The summed E-state index contributed by atoms with van der Waals surface area (Å²) in [6.45, 7) is 1.24. The molecule has 1 aliphatic heterocycles. The Bertz CT molecular complexity index is 928. The summed E-state index contributed by atoms with van der Waals surface area (Å²) in [5.41, 5.74) is 3.53. The largest absolute Gasteiger partial charge is 0.360 e. The number of anilines is 1. The van der Waals surface area contributed by atoms with Gasteiger partial charge in [-0.05, 0) is 30.2 Å². The number of H-pyrrole nitrogens is 1. The summed E-state index contributed by atoms with van der Waals surface area (Å²) in [7, 11) is 0. The van der Waals surface area contributed by atoms with Gasteiger partial charge in [0.2, 0.25) is 5.91 Å². The normalized spacial score (nSPS) is 14.2. The Morgan fingerprint density at radius 2 is 1.92 bits per heavy atom. The predicted octanol–water partition coefficient (Wildman–Crippen LogP) is 3.22. The molecule has 0 atom stereocenters. The predicted molar refractivity (Wildman–Crippen MR) is 97.5 cm³/mol. The summed E-state index contributed by atoms with van der Waals surface area (Å²) in [5, 5.41) is 3.87. The average Bonchev–Trinajstić information content (AvgIpc) is 3.26. The molecule has 4 rings (SSSR count). The van der Waals surface area contributed by atoms with E-state index < -0.39 is 0 Å². The highest BCUT2D eigenvalue weighted by atomic mass is 16.2. The fraction of sp³-hybridized carbons (Fsp3) is 0.200. The van der Waals surface area contributed by atoms with E-state index in [-0.39, 0.29) is 11.8 Å². The molecule has 2 aromatic carbocycles. The Morgan fingerprint density at radius 3 is 2.68 bits per heavy atom. The Balaban J connectivity index is 1.42. The van der Waals surface area contributed by atoms with Crippen molar-refractivity contribution in [2.75, 3.05) is 11.4 Å². The van der Waals surface area contributed by atoms with Crippen LogP contribution < -0.4 is 10.2 Å². The molecule has 1 fully saturated rings. The number of hydrogen-bond donors (Lipinski definition) is 2. The van der Waals surface area contributed by atoms with Gasteiger partial charge in [0.05, 0.1) is 5.56 Å². The minimum absolute atomic E-state index is 0.101. The van der Waals surface area contributed by atoms with Crippen molar-refractivity contribution in [2.24, 2.45) is 0 Å². The number of carbonyl (C=O) groups excluding carboxylic acids is 2. The molecule has 5 heteroatoms. The molecule has 0 aliphatic carbocycles. The molecule has 0 saturated carbocycles. The van der Waals surface area contributed by atoms with Gasteiger partial charge in [0.25, 0.3) is 5.91 Å². The smallest absolute Gasteiger partial charge is 0.253 e. The molecule has 3 aromatic rings. The van der Waals surface area contributed by atoms with Gasteiger partial charge in [0, 0.05) is 42.3 Å². The van der Waals surface area contributed by atoms with Crippen LogP contribution in [-0.2, 0) is 11.3 Å². The summed E-state index contributed by atoms with van der Waals surface area (Å²) in [4.78, 5) is 29.1. The molecule has 126 valence electrons. The van der Waals surface area contributed by atoms with Crippen LogP contribution in [-0.4, -0.2) is 23.3 Å². The van der Waals surface area contributed by atoms with Crippen LogP contribution in [0.5, 0.6) is 0 Å². The van der Waals surface area contributed by atoms with E-state index in [1.165, 1.54) is 0 Å². The number of amides is 2. The lowest BCUT2D eigenvalue weighted by Crippen LogP contribution is -2.24. The second-order valence-corrected chi connectivity index (χ2v) is 6.25. The van der Waals surface area contributed by atoms with Crippen molar-refractivity contribution in [3.05, 3.63) is 65.9 Å². The average molecular weight is 333 g/mol. The third kappa shape index (κ3) is 3.01. The highest BCUT2D eigenvalue weighted by Crippen LogP contribution is 2.22. The molecule has 25 heavy (non-hydrogen) atoms. The van der Waals surface area contributed by atoms with Gasteiger partial charge in [0.1, 0.15) is 0 Å². The number of aromatic amines is 1. The molecule has 0 unspecified atom stereocenters. The molecule has 0 radical (unpaired) electrons. The zero-order valence-corrected chi connectivity index (χ0v) is 13.8. The van der Waals surface area contributed by atoms with Gasteiger partial charge in [-0.1, -0.05) is 30.3 Å². The van der Waals surface area contributed by atoms with E-state index in [1.807, 2.05) is 53.4 Å². The fourth-order valence-corrected chi connectivity index (χ4v) is 3.25. The second-order valence-electron chi connectivity index (χ2n) is 6.25. The van der Waals surface area contributed by atoms with Crippen molar-refractivity contribution in [3.63, 3.8) is 0 Å². The zero-order valence-electron chi connectivity index (χ0n) is 13.8. The number of carbonyl (C=O) groups is 2. The molecule has 1 aromatic heterocycles. The van der Waals surface area contributed by atoms with Gasteiger partial charge in [0.15, 0.2) is 0 Å². The lowest BCUT2D eigenvalue weighted by atomic mass is 10.1. The SMILES string of the molecule is O=C(NCc1ccc(N2CCCC2=O)cc1)c1c[nH]c2ccccc12. The summed E-state index contributed by atoms with van der Waals surface area (Å²) in [5.74, 6) is 0.0802. The van der Waals surface area contributed by atoms with Gasteiger partial charge in [-0.25, -0.2) is 0 Å². The van der Waals surface area contributed by atoms with Gasteiger partial charge >= 0.3 is 0 Å². The molecule has 1 aliphatic rings. The number of aromatic nitrogens is 1. The standard InChI is InChI=1S/C20H19N3O2/c24-19-6-3-11-23(19)15-9-7-14(8-10-15)12-22-20(25)17-13-21-18-5-2-1-4-16(17)18/h1-2,4-5,7-10,13,21H,3,6,11-12H2,(H,22,25). The van der Waals surface area contributed by atoms with Crippen LogP contribution in [0, 0.1) is 0 Å². The van der Waals surface area contributed by atoms with E-state index in [0.29, 0.717) is 18.5 Å². The maximum atomic E-state index is 12.4. The van der Waals surface area contributed by atoms with Crippen LogP contribution in [0.4, 0.5) is 5.69 Å². The molecule has 2 heterocycles. The molecule has 0 bridgehead atoms. The number of nitrogens with one attached hydrogen (secondary N) is 2. The van der Waals surface area contributed by atoms with Crippen molar-refractivity contribution in [3.8, 4) is 0 Å². The van der Waals surface area contributed by atoms with E-state index in [2.05, 4.69) is 10.3 Å². The van der Waals surface area contributed by atoms with Crippen LogP contribution in [0.15, 0.2) is 54.7 Å². The minimum Gasteiger partial charge on any atom is -0.360 e. The third-order valence-corrected chi connectivity index (χ3v) is 4.61. The van der Waals surface area contributed by atoms with Crippen LogP contribution >= 0.6 is 0 Å². The lowest BCUT2D eigenvalue weighted by Gasteiger charge is -2.16. The highest BCUT2D eigenvalue weighted by Gasteiger charge is 2.21. The third-order valence-electron chi connectivity index (χ3n) is 4.61. The van der Waals surface area contributed by atoms with Crippen molar-refractivity contribution < 1.29 is 9.59 Å². The summed E-state index contributed by atoms with van der Waals surface area (Å²) < 4.78 is 0. The quantitative estimate of drug-likeness (QED) is 0.770. The molecule has 2 N–H and O–H groups in total. The fourth-order valence-electron chi connectivity index (χ4n) is 3.25. The van der Waals surface area contributed by atoms with E-state index in [0.717, 1.165) is 35.1 Å². The summed E-state index contributed by atoms with van der Waals surface area (Å²) in [6.07, 6.45) is 3.28. The van der Waals surface area contributed by atoms with Crippen LogP contribution in [0.1, 0.15) is 28.8 Å². The van der Waals surface area contributed by atoms with Crippen LogP contribution in [0.3, 0.4) is 0 Å². The van der Waals surface area contributed by atoms with E-state index >= 15 is 0 Å². The number of benzene rings is 2. The molecular formula is C20H19N3O2. The molecule has 2 amide bonds. The number of fused-ring (bicyclic) bond motifs is 1. The van der Waals surface area contributed by atoms with Gasteiger partial charge in [-0.15, -0.1) is 0 Å². The number of rotatable bonds is 4. The molecule has 5 nitrogen and oxygen atoms in total. The number of para-hydroxylation sites is 1. The number of hydrogen-bond acceptors (Lipinski definition) is 2. The van der Waals surface area contributed by atoms with Crippen LogP contribution in [0.2, 0.25) is 0 Å². The summed E-state index contributed by atoms with van der Waals surface area (Å²) >= 11 is 0. The maximum Gasteiger partial charge on any atom is 0.253 e. The van der Waals surface area contributed by atoms with Crippen molar-refractivity contribution in [2.45, 2.75) is 19.4 Å². The molecular weight excluding hydrogens is 314 g/mol. The zero-order chi connectivity index (χ0) is 17.2. The van der Waals surface area contributed by atoms with E-state index in [9.17, 15) is 9.59 Å². The topological polar surface area (TPSA) is 65.2 Å². The molecule has 0 spiro atoms. The van der Waals surface area contributed by atoms with Crippen molar-refractivity contribution in [1.82, 2.24) is 10.3 Å². The van der Waals surface area contributed by atoms with Crippen molar-refractivity contribution >= 4 is 28.4 Å². The van der Waals surface area contributed by atoms with E-state index in [1.54, 1.807) is 6.20 Å². The first-order valence-electron chi connectivity index (χ1n) is 8.46. The monoisotopic (exact) mass is 333 g/mol. The Hall–Kier alpha value is -3.08. The maximum absolute atomic E-state index is 12.4. The van der Waals surface area contributed by atoms with Gasteiger partial charge in [-0.3, -0.25) is 9.59 Å². The Morgan fingerprint density at radius 1 is 1.12 bits per heavy atom. The first-order valence-corrected chi connectivity index (χ1v) is 8.46. The van der Waals surface area contributed by atoms with Crippen molar-refractivity contribution in [1.29, 1.82) is 0 Å². The van der Waals surface area contributed by atoms with Gasteiger partial charge < -0.3 is 15.2 Å². The minimum atomic E-state index is -0.101.